The van der Waals surface area contributed by atoms with E-state index in [4.69, 9.17) is 0 Å². The molecule has 1 aromatic carbocycles. The number of carbonyl (C=O) groups excluding carboxylic acids is 1. The monoisotopic (exact) mass is 451 g/mol. The maximum absolute atomic E-state index is 11.7. The molecule has 176 valence electrons. The van der Waals surface area contributed by atoms with E-state index in [2.05, 4.69) is 50.5 Å². The molecule has 14 atom stereocenters. The van der Waals surface area contributed by atoms with Crippen molar-refractivity contribution in [2.75, 3.05) is 5.32 Å². The van der Waals surface area contributed by atoms with Gasteiger partial charge in [0, 0.05) is 12.6 Å². The molecule has 2 nitrogen and oxygen atoms in total. The van der Waals surface area contributed by atoms with Gasteiger partial charge in [-0.2, -0.15) is 0 Å². The van der Waals surface area contributed by atoms with E-state index in [1.807, 2.05) is 0 Å². The van der Waals surface area contributed by atoms with Crippen LogP contribution in [0, 0.1) is 70.0 Å². The lowest BCUT2D eigenvalue weighted by molar-refractivity contribution is -0.374. The molecule has 6 bridgehead atoms. The number of rotatable bonds is 1. The Morgan fingerprint density at radius 2 is 1.38 bits per heavy atom. The lowest BCUT2D eigenvalue weighted by Crippen LogP contribution is -2.81. The van der Waals surface area contributed by atoms with Gasteiger partial charge in [0.2, 0.25) is 5.91 Å². The van der Waals surface area contributed by atoms with E-state index in [9.17, 15) is 4.79 Å². The summed E-state index contributed by atoms with van der Waals surface area (Å²) in [7, 11) is 0. The first kappa shape index (κ1) is 19.4. The quantitative estimate of drug-likeness (QED) is 0.469. The molecule has 34 heavy (non-hydrogen) atoms. The van der Waals surface area contributed by atoms with E-state index in [0.717, 1.165) is 70.8 Å². The zero-order chi connectivity index (χ0) is 23.0. The molecular formula is C32H37NO. The van der Waals surface area contributed by atoms with Gasteiger partial charge in [0.25, 0.3) is 0 Å². The van der Waals surface area contributed by atoms with Crippen LogP contribution in [0.5, 0.6) is 0 Å². The zero-order valence-corrected chi connectivity index (χ0v) is 20.8. The highest BCUT2D eigenvalue weighted by molar-refractivity contribution is 5.88. The molecule has 8 saturated carbocycles. The van der Waals surface area contributed by atoms with Crippen LogP contribution in [0.3, 0.4) is 0 Å². The topological polar surface area (TPSA) is 29.1 Å². The van der Waals surface area contributed by atoms with Gasteiger partial charge in [0.15, 0.2) is 0 Å². The number of fused-ring (bicyclic) bond motifs is 20. The predicted molar refractivity (Wildman–Crippen MR) is 134 cm³/mol. The lowest BCUT2D eigenvalue weighted by Gasteiger charge is -2.85. The van der Waals surface area contributed by atoms with Crippen LogP contribution < -0.4 is 5.32 Å². The highest BCUT2D eigenvalue weighted by atomic mass is 16.1. The fourth-order valence-electron chi connectivity index (χ4n) is 13.8. The summed E-state index contributed by atoms with van der Waals surface area (Å²) in [6, 6.07) is 6.85. The van der Waals surface area contributed by atoms with Gasteiger partial charge in [-0.1, -0.05) is 33.1 Å². The molecular weight excluding hydrogens is 414 g/mol. The van der Waals surface area contributed by atoms with Crippen molar-refractivity contribution in [1.29, 1.82) is 0 Å². The molecule has 0 aromatic heterocycles. The Hall–Kier alpha value is -1.83. The maximum Gasteiger partial charge on any atom is 0.221 e. The van der Waals surface area contributed by atoms with Crippen molar-refractivity contribution < 1.29 is 4.79 Å². The summed E-state index contributed by atoms with van der Waals surface area (Å²) in [5, 5.41) is 3.05. The summed E-state index contributed by atoms with van der Waals surface area (Å²) < 4.78 is 0. The zero-order valence-electron chi connectivity index (χ0n) is 20.8. The normalized spacial score (nSPS) is 57.9. The van der Waals surface area contributed by atoms with Crippen molar-refractivity contribution in [3.05, 3.63) is 53.6 Å². The standard InChI is InChI=1S/C32H37NO/c1-13-14(2)18-9-8-17(13)25-23-12-24(26(18)25)30-29(23)31(4)27-21-11-22(28(27)32(30,31)5)20-10-16(33-15(3)34)6-7-19(20)21/h6-7,10,17-18,21-30H,1-2,8-9,11-12H2,3-5H3,(H,33,34)/t17-,18+,21+,22-,23-,24+,25+,26-,27+,28-,29-,30+,31+,32-/m0/s1. The van der Waals surface area contributed by atoms with Crippen LogP contribution in [0.1, 0.15) is 69.4 Å². The van der Waals surface area contributed by atoms with Gasteiger partial charge in [-0.05, 0) is 142 Å². The third-order valence-corrected chi connectivity index (χ3v) is 14.2. The molecule has 8 fully saturated rings. The minimum absolute atomic E-state index is 0.0357. The number of benzene rings is 1. The second-order valence-electron chi connectivity index (χ2n) is 14.2. The molecule has 0 unspecified atom stereocenters. The third kappa shape index (κ3) is 1.64. The molecule has 0 heterocycles. The van der Waals surface area contributed by atoms with Crippen molar-refractivity contribution >= 4 is 11.6 Å². The van der Waals surface area contributed by atoms with Gasteiger partial charge in [0.05, 0.1) is 0 Å². The minimum Gasteiger partial charge on any atom is -0.326 e. The number of nitrogens with one attached hydrogen (secondary N) is 1. The minimum atomic E-state index is 0.0357. The highest BCUT2D eigenvalue weighted by Crippen LogP contribution is 2.95. The van der Waals surface area contributed by atoms with Crippen LogP contribution >= 0.6 is 0 Å². The van der Waals surface area contributed by atoms with Gasteiger partial charge >= 0.3 is 0 Å². The van der Waals surface area contributed by atoms with Gasteiger partial charge in [-0.25, -0.2) is 0 Å². The second kappa shape index (κ2) is 5.45. The summed E-state index contributed by atoms with van der Waals surface area (Å²) in [5.74, 6) is 10.4. The molecule has 1 N–H and O–H groups in total. The fraction of sp³-hybridized carbons (Fsp3) is 0.656. The van der Waals surface area contributed by atoms with Crippen LogP contribution in [-0.4, -0.2) is 5.91 Å². The van der Waals surface area contributed by atoms with Gasteiger partial charge in [0.1, 0.15) is 0 Å². The van der Waals surface area contributed by atoms with E-state index in [0.29, 0.717) is 16.7 Å². The Kier molecular flexibility index (Phi) is 3.10. The van der Waals surface area contributed by atoms with Crippen molar-refractivity contribution in [1.82, 2.24) is 0 Å². The van der Waals surface area contributed by atoms with Crippen molar-refractivity contribution in [3.8, 4) is 0 Å². The molecule has 1 amide bonds. The number of hydrogen-bond donors (Lipinski definition) is 1. The molecule has 2 heteroatoms. The maximum atomic E-state index is 11.7. The fourth-order valence-corrected chi connectivity index (χ4v) is 13.8. The van der Waals surface area contributed by atoms with Gasteiger partial charge in [-0.3, -0.25) is 4.79 Å². The third-order valence-electron chi connectivity index (χ3n) is 14.2. The van der Waals surface area contributed by atoms with Crippen LogP contribution in [0.2, 0.25) is 0 Å². The first-order chi connectivity index (χ1) is 16.3. The Bertz CT molecular complexity index is 1240. The largest absolute Gasteiger partial charge is 0.326 e. The van der Waals surface area contributed by atoms with Crippen molar-refractivity contribution in [3.63, 3.8) is 0 Å². The Morgan fingerprint density at radius 3 is 1.94 bits per heavy atom. The average Bonchev–Trinajstić information content (AvgIpc) is 3.56. The predicted octanol–water partition coefficient (Wildman–Crippen LogP) is 6.77. The summed E-state index contributed by atoms with van der Waals surface area (Å²) in [6.45, 7) is 16.2. The SMILES string of the molecule is C=C1C(=C)[C@@H]2CC[C@H]1[C@H]1[C@H]3C[C@@H]([C@H]12)[C@H]1[C@@H]3[C@]2(C)[C@@H]3[C@@H]([C@@H]4C[C@H]3c3cc(NC(C)=O)ccc34)[C@]12C. The lowest BCUT2D eigenvalue weighted by atomic mass is 9.19. The van der Waals surface area contributed by atoms with Crippen molar-refractivity contribution in [2.24, 2.45) is 70.0 Å². The Balaban J connectivity index is 1.12. The molecule has 9 aliphatic carbocycles. The second-order valence-corrected chi connectivity index (χ2v) is 14.2. The molecule has 0 saturated heterocycles. The van der Waals surface area contributed by atoms with E-state index in [-0.39, 0.29) is 5.91 Å². The van der Waals surface area contributed by atoms with Crippen LogP contribution in [0.4, 0.5) is 5.69 Å². The van der Waals surface area contributed by atoms with Crippen LogP contribution in [-0.2, 0) is 4.79 Å². The van der Waals surface area contributed by atoms with E-state index < -0.39 is 0 Å². The number of hydrogen-bond acceptors (Lipinski definition) is 1. The molecule has 10 rings (SSSR count). The number of anilines is 1. The first-order valence-corrected chi connectivity index (χ1v) is 14.1. The van der Waals surface area contributed by atoms with Crippen LogP contribution in [0.15, 0.2) is 42.5 Å². The molecule has 0 spiro atoms. The number of carbonyl (C=O) groups is 1. The average molecular weight is 452 g/mol. The van der Waals surface area contributed by atoms with E-state index in [1.165, 1.54) is 36.8 Å². The summed E-state index contributed by atoms with van der Waals surface area (Å²) in [4.78, 5) is 11.7. The van der Waals surface area contributed by atoms with Crippen molar-refractivity contribution in [2.45, 2.75) is 58.3 Å². The van der Waals surface area contributed by atoms with Gasteiger partial charge < -0.3 is 5.32 Å². The molecule has 0 aliphatic heterocycles. The highest BCUT2D eigenvalue weighted by Gasteiger charge is 2.90. The molecule has 0 radical (unpaired) electrons. The number of allylic oxidation sites excluding steroid dienone is 2. The summed E-state index contributed by atoms with van der Waals surface area (Å²) in [6.07, 6.45) is 5.64. The summed E-state index contributed by atoms with van der Waals surface area (Å²) in [5.41, 5.74) is 8.14. The van der Waals surface area contributed by atoms with E-state index >= 15 is 0 Å². The smallest absolute Gasteiger partial charge is 0.221 e. The molecule has 1 aromatic rings. The molecule has 9 aliphatic rings. The number of amides is 1. The van der Waals surface area contributed by atoms with Gasteiger partial charge in [-0.15, -0.1) is 0 Å². The Labute approximate surface area is 203 Å². The first-order valence-electron chi connectivity index (χ1n) is 14.1. The van der Waals surface area contributed by atoms with Crippen LogP contribution in [0.25, 0.3) is 0 Å². The van der Waals surface area contributed by atoms with E-state index in [1.54, 1.807) is 18.1 Å². The Morgan fingerprint density at radius 1 is 0.824 bits per heavy atom. The summed E-state index contributed by atoms with van der Waals surface area (Å²) >= 11 is 0.